The molecule has 0 atom stereocenters. The number of piperidine rings is 1. The predicted octanol–water partition coefficient (Wildman–Crippen LogP) is 3.10. The summed E-state index contributed by atoms with van der Waals surface area (Å²) in [5, 5.41) is 0. The van der Waals surface area contributed by atoms with Crippen molar-refractivity contribution in [3.63, 3.8) is 0 Å². The zero-order valence-electron chi connectivity index (χ0n) is 14.9. The van der Waals surface area contributed by atoms with E-state index in [0.717, 1.165) is 37.2 Å². The average Bonchev–Trinajstić information content (AvgIpc) is 2.92. The van der Waals surface area contributed by atoms with E-state index in [2.05, 4.69) is 4.90 Å². The van der Waals surface area contributed by atoms with Crippen molar-refractivity contribution in [1.82, 2.24) is 9.80 Å². The molecule has 2 saturated heterocycles. The Kier molecular flexibility index (Phi) is 6.13. The van der Waals surface area contributed by atoms with Crippen molar-refractivity contribution in [2.24, 2.45) is 0 Å². The summed E-state index contributed by atoms with van der Waals surface area (Å²) in [6.45, 7) is 4.30. The van der Waals surface area contributed by atoms with E-state index in [1.165, 1.54) is 38.8 Å². The smallest absolute Gasteiger partial charge is 0.227 e. The number of methoxy groups -OCH3 is 1. The number of para-hydroxylation sites is 1. The first-order valence-corrected chi connectivity index (χ1v) is 9.41. The molecule has 0 aromatic heterocycles. The number of benzene rings is 1. The van der Waals surface area contributed by atoms with Crippen LogP contribution in [0.2, 0.25) is 0 Å². The minimum absolute atomic E-state index is 0.230. The van der Waals surface area contributed by atoms with Gasteiger partial charge in [-0.25, -0.2) is 0 Å². The van der Waals surface area contributed by atoms with Crippen LogP contribution in [0.15, 0.2) is 24.3 Å². The van der Waals surface area contributed by atoms with Crippen LogP contribution in [0.1, 0.15) is 44.1 Å². The third kappa shape index (κ3) is 4.29. The lowest BCUT2D eigenvalue weighted by Gasteiger charge is -2.38. The summed E-state index contributed by atoms with van der Waals surface area (Å²) in [6.07, 6.45) is 8.13. The molecule has 0 aliphatic carbocycles. The summed E-state index contributed by atoms with van der Waals surface area (Å²) in [5.41, 5.74) is 0.986. The summed E-state index contributed by atoms with van der Waals surface area (Å²) < 4.78 is 5.36. The van der Waals surface area contributed by atoms with Gasteiger partial charge in [0.05, 0.1) is 13.5 Å². The van der Waals surface area contributed by atoms with Gasteiger partial charge in [0, 0.05) is 24.7 Å². The number of amides is 1. The van der Waals surface area contributed by atoms with Crippen LogP contribution in [-0.4, -0.2) is 55.0 Å². The highest BCUT2D eigenvalue weighted by molar-refractivity contribution is 5.79. The van der Waals surface area contributed by atoms with Crippen LogP contribution in [-0.2, 0) is 11.2 Å². The SMILES string of the molecule is COc1ccccc1CC(=O)N1CCC(N2CCCCCC2)CC1. The molecular formula is C20H30N2O2. The molecular weight excluding hydrogens is 300 g/mol. The minimum Gasteiger partial charge on any atom is -0.496 e. The number of ether oxygens (including phenoxy) is 1. The van der Waals surface area contributed by atoms with Gasteiger partial charge in [-0.1, -0.05) is 31.0 Å². The monoisotopic (exact) mass is 330 g/mol. The maximum Gasteiger partial charge on any atom is 0.227 e. The van der Waals surface area contributed by atoms with Gasteiger partial charge in [0.25, 0.3) is 0 Å². The lowest BCUT2D eigenvalue weighted by molar-refractivity contribution is -0.132. The predicted molar refractivity (Wildman–Crippen MR) is 96.3 cm³/mol. The molecule has 0 radical (unpaired) electrons. The van der Waals surface area contributed by atoms with Crippen LogP contribution in [0.4, 0.5) is 0 Å². The number of nitrogens with zero attached hydrogens (tertiary/aromatic N) is 2. The van der Waals surface area contributed by atoms with E-state index in [-0.39, 0.29) is 5.91 Å². The quantitative estimate of drug-likeness (QED) is 0.850. The average molecular weight is 330 g/mol. The zero-order chi connectivity index (χ0) is 16.8. The number of hydrogen-bond acceptors (Lipinski definition) is 3. The summed E-state index contributed by atoms with van der Waals surface area (Å²) in [4.78, 5) is 17.3. The van der Waals surface area contributed by atoms with Gasteiger partial charge in [-0.15, -0.1) is 0 Å². The molecule has 1 aromatic rings. The topological polar surface area (TPSA) is 32.8 Å². The lowest BCUT2D eigenvalue weighted by atomic mass is 10.0. The first kappa shape index (κ1) is 17.3. The van der Waals surface area contributed by atoms with Crippen LogP contribution in [0.3, 0.4) is 0 Å². The van der Waals surface area contributed by atoms with Crippen LogP contribution in [0.25, 0.3) is 0 Å². The fourth-order valence-corrected chi connectivity index (χ4v) is 4.06. The Hall–Kier alpha value is -1.55. The van der Waals surface area contributed by atoms with E-state index in [4.69, 9.17) is 4.74 Å². The fraction of sp³-hybridized carbons (Fsp3) is 0.650. The molecule has 0 spiro atoms. The molecule has 2 heterocycles. The van der Waals surface area contributed by atoms with E-state index >= 15 is 0 Å². The molecule has 132 valence electrons. The molecule has 2 aliphatic rings. The fourth-order valence-electron chi connectivity index (χ4n) is 4.06. The van der Waals surface area contributed by atoms with E-state index in [0.29, 0.717) is 12.5 Å². The Morgan fingerprint density at radius 2 is 1.71 bits per heavy atom. The van der Waals surface area contributed by atoms with Crippen molar-refractivity contribution >= 4 is 5.91 Å². The van der Waals surface area contributed by atoms with Gasteiger partial charge in [-0.2, -0.15) is 0 Å². The third-order valence-electron chi connectivity index (χ3n) is 5.51. The molecule has 0 N–H and O–H groups in total. The summed E-state index contributed by atoms with van der Waals surface area (Å²) in [6, 6.07) is 8.50. The van der Waals surface area contributed by atoms with E-state index in [9.17, 15) is 4.79 Å². The second-order valence-corrected chi connectivity index (χ2v) is 7.05. The number of rotatable bonds is 4. The Morgan fingerprint density at radius 3 is 2.38 bits per heavy atom. The van der Waals surface area contributed by atoms with Crippen molar-refractivity contribution in [2.75, 3.05) is 33.3 Å². The summed E-state index contributed by atoms with van der Waals surface area (Å²) in [7, 11) is 1.66. The van der Waals surface area contributed by atoms with Gasteiger partial charge in [0.15, 0.2) is 0 Å². The Balaban J connectivity index is 1.51. The number of hydrogen-bond donors (Lipinski definition) is 0. The van der Waals surface area contributed by atoms with Crippen LogP contribution >= 0.6 is 0 Å². The first-order valence-electron chi connectivity index (χ1n) is 9.41. The van der Waals surface area contributed by atoms with Crippen LogP contribution in [0, 0.1) is 0 Å². The highest BCUT2D eigenvalue weighted by Crippen LogP contribution is 2.23. The maximum atomic E-state index is 12.6. The second-order valence-electron chi connectivity index (χ2n) is 7.05. The molecule has 2 aliphatic heterocycles. The second kappa shape index (κ2) is 8.52. The number of likely N-dealkylation sites (tertiary alicyclic amines) is 2. The molecule has 0 bridgehead atoms. The summed E-state index contributed by atoms with van der Waals surface area (Å²) in [5.74, 6) is 1.04. The molecule has 2 fully saturated rings. The van der Waals surface area contributed by atoms with Gasteiger partial charge in [-0.05, 0) is 44.8 Å². The van der Waals surface area contributed by atoms with Gasteiger partial charge < -0.3 is 14.5 Å². The molecule has 1 amide bonds. The zero-order valence-corrected chi connectivity index (χ0v) is 14.9. The van der Waals surface area contributed by atoms with Crippen molar-refractivity contribution < 1.29 is 9.53 Å². The van der Waals surface area contributed by atoms with Crippen molar-refractivity contribution in [3.05, 3.63) is 29.8 Å². The van der Waals surface area contributed by atoms with Crippen molar-refractivity contribution in [2.45, 2.75) is 51.0 Å². The molecule has 0 saturated carbocycles. The molecule has 4 nitrogen and oxygen atoms in total. The molecule has 3 rings (SSSR count). The number of carbonyl (C=O) groups excluding carboxylic acids is 1. The van der Waals surface area contributed by atoms with Gasteiger partial charge in [0.1, 0.15) is 5.75 Å². The Labute approximate surface area is 145 Å². The van der Waals surface area contributed by atoms with Crippen molar-refractivity contribution in [1.29, 1.82) is 0 Å². The number of carbonyl (C=O) groups is 1. The van der Waals surface area contributed by atoms with Gasteiger partial charge in [-0.3, -0.25) is 4.79 Å². The van der Waals surface area contributed by atoms with Crippen LogP contribution < -0.4 is 4.74 Å². The van der Waals surface area contributed by atoms with Gasteiger partial charge >= 0.3 is 0 Å². The summed E-state index contributed by atoms with van der Waals surface area (Å²) >= 11 is 0. The van der Waals surface area contributed by atoms with Crippen LogP contribution in [0.5, 0.6) is 5.75 Å². The molecule has 4 heteroatoms. The Morgan fingerprint density at radius 1 is 1.04 bits per heavy atom. The molecule has 0 unspecified atom stereocenters. The lowest BCUT2D eigenvalue weighted by Crippen LogP contribution is -2.47. The Bertz CT molecular complexity index is 530. The van der Waals surface area contributed by atoms with E-state index < -0.39 is 0 Å². The van der Waals surface area contributed by atoms with Gasteiger partial charge in [0.2, 0.25) is 5.91 Å². The molecule has 1 aromatic carbocycles. The third-order valence-corrected chi connectivity index (χ3v) is 5.51. The van der Waals surface area contributed by atoms with E-state index in [1.807, 2.05) is 29.2 Å². The standard InChI is InChI=1S/C20H30N2O2/c1-24-19-9-5-4-8-17(19)16-20(23)22-14-10-18(11-15-22)21-12-6-2-3-7-13-21/h4-5,8-9,18H,2-3,6-7,10-16H2,1H3. The normalized spacial score (nSPS) is 20.6. The van der Waals surface area contributed by atoms with E-state index in [1.54, 1.807) is 7.11 Å². The molecule has 24 heavy (non-hydrogen) atoms. The highest BCUT2D eigenvalue weighted by atomic mass is 16.5. The van der Waals surface area contributed by atoms with Crippen molar-refractivity contribution in [3.8, 4) is 5.75 Å². The largest absolute Gasteiger partial charge is 0.496 e. The maximum absolute atomic E-state index is 12.6. The first-order chi connectivity index (χ1) is 11.8. The minimum atomic E-state index is 0.230. The highest BCUT2D eigenvalue weighted by Gasteiger charge is 2.27.